The van der Waals surface area contributed by atoms with E-state index in [1.165, 1.54) is 36.6 Å². The van der Waals surface area contributed by atoms with Crippen LogP contribution in [0.25, 0.3) is 0 Å². The van der Waals surface area contributed by atoms with E-state index in [4.69, 9.17) is 4.98 Å². The van der Waals surface area contributed by atoms with Crippen LogP contribution in [0.2, 0.25) is 0 Å². The molecule has 1 N–H and O–H groups in total. The third-order valence-electron chi connectivity index (χ3n) is 3.89. The molecule has 0 saturated carbocycles. The monoisotopic (exact) mass is 278 g/mol. The van der Waals surface area contributed by atoms with Gasteiger partial charge in [0.2, 0.25) is 0 Å². The van der Waals surface area contributed by atoms with Crippen LogP contribution in [0.4, 0.5) is 0 Å². The lowest BCUT2D eigenvalue weighted by Gasteiger charge is -2.22. The molecule has 0 aromatic carbocycles. The standard InChI is InChI=1S/C16H30N4/c1-16(2,3)15-18-13-12-17-9-8-14(13)20(15)11-7-6-10-19(4)5/h17H,6-12H2,1-5H3. The number of unbranched alkanes of at least 4 members (excludes halogenated alkanes) is 1. The van der Waals surface area contributed by atoms with Crippen molar-refractivity contribution < 1.29 is 0 Å². The van der Waals surface area contributed by atoms with E-state index >= 15 is 0 Å². The van der Waals surface area contributed by atoms with E-state index in [0.29, 0.717) is 0 Å². The maximum Gasteiger partial charge on any atom is 0.114 e. The molecule has 0 saturated heterocycles. The van der Waals surface area contributed by atoms with E-state index in [9.17, 15) is 0 Å². The Labute approximate surface area is 123 Å². The summed E-state index contributed by atoms with van der Waals surface area (Å²) in [5, 5.41) is 3.43. The highest BCUT2D eigenvalue weighted by atomic mass is 15.1. The molecule has 0 atom stereocenters. The van der Waals surface area contributed by atoms with E-state index in [0.717, 1.165) is 26.1 Å². The molecule has 0 unspecified atom stereocenters. The third kappa shape index (κ3) is 3.61. The first-order valence-electron chi connectivity index (χ1n) is 7.84. The van der Waals surface area contributed by atoms with Gasteiger partial charge in [0.25, 0.3) is 0 Å². The first kappa shape index (κ1) is 15.5. The van der Waals surface area contributed by atoms with Crippen LogP contribution in [0, 0.1) is 0 Å². The summed E-state index contributed by atoms with van der Waals surface area (Å²) in [7, 11) is 4.29. The average molecular weight is 278 g/mol. The SMILES string of the molecule is CN(C)CCCCn1c(C(C)(C)C)nc2c1CCNC2. The Balaban J connectivity index is 2.14. The summed E-state index contributed by atoms with van der Waals surface area (Å²) in [5.74, 6) is 1.26. The van der Waals surface area contributed by atoms with Gasteiger partial charge >= 0.3 is 0 Å². The van der Waals surface area contributed by atoms with Crippen molar-refractivity contribution in [3.05, 3.63) is 17.2 Å². The summed E-state index contributed by atoms with van der Waals surface area (Å²) >= 11 is 0. The molecule has 4 nitrogen and oxygen atoms in total. The quantitative estimate of drug-likeness (QED) is 0.838. The van der Waals surface area contributed by atoms with Crippen molar-refractivity contribution in [1.29, 1.82) is 0 Å². The van der Waals surface area contributed by atoms with Crippen LogP contribution in [0.15, 0.2) is 0 Å². The van der Waals surface area contributed by atoms with Gasteiger partial charge < -0.3 is 14.8 Å². The number of hydrogen-bond donors (Lipinski definition) is 1. The number of fused-ring (bicyclic) bond motifs is 1. The van der Waals surface area contributed by atoms with Gasteiger partial charge in [-0.05, 0) is 33.5 Å². The fourth-order valence-corrected chi connectivity index (χ4v) is 2.88. The van der Waals surface area contributed by atoms with Crippen molar-refractivity contribution in [2.75, 3.05) is 27.2 Å². The Hall–Kier alpha value is -0.870. The number of hydrogen-bond acceptors (Lipinski definition) is 3. The second kappa shape index (κ2) is 6.27. The average Bonchev–Trinajstić information content (AvgIpc) is 2.73. The number of imidazole rings is 1. The van der Waals surface area contributed by atoms with Gasteiger partial charge in [-0.25, -0.2) is 4.98 Å². The minimum atomic E-state index is 0.124. The molecule has 0 radical (unpaired) electrons. The number of nitrogens with zero attached hydrogens (tertiary/aromatic N) is 3. The van der Waals surface area contributed by atoms with Crippen molar-refractivity contribution >= 4 is 0 Å². The molecule has 114 valence electrons. The Morgan fingerprint density at radius 3 is 2.65 bits per heavy atom. The highest BCUT2D eigenvalue weighted by molar-refractivity contribution is 5.23. The van der Waals surface area contributed by atoms with Gasteiger partial charge in [0.15, 0.2) is 0 Å². The van der Waals surface area contributed by atoms with E-state index in [-0.39, 0.29) is 5.41 Å². The lowest BCUT2D eigenvalue weighted by molar-refractivity contribution is 0.382. The Kier molecular flexibility index (Phi) is 4.86. The minimum Gasteiger partial charge on any atom is -0.331 e. The Morgan fingerprint density at radius 1 is 1.25 bits per heavy atom. The molecule has 0 aliphatic carbocycles. The van der Waals surface area contributed by atoms with Gasteiger partial charge in [0.05, 0.1) is 5.69 Å². The van der Waals surface area contributed by atoms with Gasteiger partial charge in [-0.15, -0.1) is 0 Å². The Morgan fingerprint density at radius 2 is 2.00 bits per heavy atom. The van der Waals surface area contributed by atoms with Crippen molar-refractivity contribution in [1.82, 2.24) is 19.8 Å². The molecule has 0 amide bonds. The molecule has 1 aliphatic heterocycles. The molecule has 0 bridgehead atoms. The molecule has 4 heteroatoms. The smallest absolute Gasteiger partial charge is 0.114 e. The molecule has 1 aromatic rings. The minimum absolute atomic E-state index is 0.124. The molecular formula is C16H30N4. The molecule has 0 spiro atoms. The Bertz CT molecular complexity index is 440. The largest absolute Gasteiger partial charge is 0.331 e. The predicted molar refractivity (Wildman–Crippen MR) is 84.1 cm³/mol. The van der Waals surface area contributed by atoms with Crippen LogP contribution < -0.4 is 5.32 Å². The van der Waals surface area contributed by atoms with Gasteiger partial charge in [0.1, 0.15) is 5.82 Å². The maximum atomic E-state index is 4.93. The lowest BCUT2D eigenvalue weighted by Crippen LogP contribution is -2.26. The molecule has 1 aromatic heterocycles. The summed E-state index contributed by atoms with van der Waals surface area (Å²) in [5.41, 5.74) is 2.87. The highest BCUT2D eigenvalue weighted by Crippen LogP contribution is 2.26. The molecule has 0 fully saturated rings. The molecule has 1 aliphatic rings. The first-order chi connectivity index (χ1) is 9.39. The van der Waals surface area contributed by atoms with Crippen molar-refractivity contribution in [3.63, 3.8) is 0 Å². The van der Waals surface area contributed by atoms with E-state index in [1.807, 2.05) is 0 Å². The van der Waals surface area contributed by atoms with Crippen LogP contribution in [-0.2, 0) is 24.9 Å². The second-order valence-electron chi connectivity index (χ2n) is 7.17. The number of aromatic nitrogens is 2. The normalized spacial score (nSPS) is 15.7. The topological polar surface area (TPSA) is 33.1 Å². The highest BCUT2D eigenvalue weighted by Gasteiger charge is 2.26. The summed E-state index contributed by atoms with van der Waals surface area (Å²) < 4.78 is 2.51. The van der Waals surface area contributed by atoms with Gasteiger partial charge in [-0.2, -0.15) is 0 Å². The zero-order valence-corrected chi connectivity index (χ0v) is 13.8. The van der Waals surface area contributed by atoms with E-state index in [1.54, 1.807) is 0 Å². The molecule has 20 heavy (non-hydrogen) atoms. The maximum absolute atomic E-state index is 4.93. The first-order valence-corrected chi connectivity index (χ1v) is 7.84. The second-order valence-corrected chi connectivity index (χ2v) is 7.17. The fourth-order valence-electron chi connectivity index (χ4n) is 2.88. The summed E-state index contributed by atoms with van der Waals surface area (Å²) in [4.78, 5) is 7.19. The van der Waals surface area contributed by atoms with E-state index in [2.05, 4.69) is 49.7 Å². The number of nitrogens with one attached hydrogen (secondary N) is 1. The van der Waals surface area contributed by atoms with Crippen LogP contribution >= 0.6 is 0 Å². The fraction of sp³-hybridized carbons (Fsp3) is 0.812. The van der Waals surface area contributed by atoms with Crippen LogP contribution in [0.5, 0.6) is 0 Å². The third-order valence-corrected chi connectivity index (χ3v) is 3.89. The van der Waals surface area contributed by atoms with Crippen molar-refractivity contribution in [2.45, 2.75) is 58.5 Å². The molecular weight excluding hydrogens is 248 g/mol. The zero-order chi connectivity index (χ0) is 14.8. The van der Waals surface area contributed by atoms with Gasteiger partial charge in [0, 0.05) is 37.2 Å². The van der Waals surface area contributed by atoms with E-state index < -0.39 is 0 Å². The van der Waals surface area contributed by atoms with Gasteiger partial charge in [-0.1, -0.05) is 20.8 Å². The number of rotatable bonds is 5. The molecule has 2 heterocycles. The zero-order valence-electron chi connectivity index (χ0n) is 13.8. The van der Waals surface area contributed by atoms with Crippen LogP contribution in [0.3, 0.4) is 0 Å². The summed E-state index contributed by atoms with van der Waals surface area (Å²) in [6, 6.07) is 0. The predicted octanol–water partition coefficient (Wildman–Crippen LogP) is 2.17. The lowest BCUT2D eigenvalue weighted by atomic mass is 9.95. The van der Waals surface area contributed by atoms with Crippen molar-refractivity contribution in [2.24, 2.45) is 0 Å². The van der Waals surface area contributed by atoms with Gasteiger partial charge in [-0.3, -0.25) is 0 Å². The van der Waals surface area contributed by atoms with Crippen LogP contribution in [-0.4, -0.2) is 41.6 Å². The van der Waals surface area contributed by atoms with Crippen molar-refractivity contribution in [3.8, 4) is 0 Å². The van der Waals surface area contributed by atoms with Crippen LogP contribution in [0.1, 0.15) is 50.8 Å². The molecule has 2 rings (SSSR count). The summed E-state index contributed by atoms with van der Waals surface area (Å²) in [6.07, 6.45) is 3.60. The summed E-state index contributed by atoms with van der Waals surface area (Å²) in [6.45, 7) is 11.1.